The third-order valence-corrected chi connectivity index (χ3v) is 5.94. The predicted molar refractivity (Wildman–Crippen MR) is 97.0 cm³/mol. The van der Waals surface area contributed by atoms with Crippen molar-refractivity contribution in [3.63, 3.8) is 0 Å². The fourth-order valence-corrected chi connectivity index (χ4v) is 4.06. The summed E-state index contributed by atoms with van der Waals surface area (Å²) in [5, 5.41) is 11.0. The number of hydrogen-bond acceptors (Lipinski definition) is 4. The average molecular weight is 347 g/mol. The Kier molecular flexibility index (Phi) is 4.78. The molecule has 2 aromatic heterocycles. The number of aryl methyl sites for hydroxylation is 1. The van der Waals surface area contributed by atoms with Crippen LogP contribution in [-0.4, -0.2) is 21.7 Å². The Labute approximate surface area is 147 Å². The van der Waals surface area contributed by atoms with Crippen LogP contribution >= 0.6 is 11.3 Å². The molecule has 2 atom stereocenters. The summed E-state index contributed by atoms with van der Waals surface area (Å²) in [6, 6.07) is 4.65. The molecular formula is C18H26N4OS. The molecule has 3 heterocycles. The summed E-state index contributed by atoms with van der Waals surface area (Å²) in [6.07, 6.45) is 5.25. The Morgan fingerprint density at radius 1 is 1.42 bits per heavy atom. The third kappa shape index (κ3) is 3.87. The summed E-state index contributed by atoms with van der Waals surface area (Å²) < 4.78 is 1.78. The summed E-state index contributed by atoms with van der Waals surface area (Å²) in [5.74, 6) is 0.119. The van der Waals surface area contributed by atoms with E-state index >= 15 is 0 Å². The molecule has 0 unspecified atom stereocenters. The van der Waals surface area contributed by atoms with Crippen LogP contribution in [-0.2, 0) is 23.8 Å². The zero-order valence-corrected chi connectivity index (χ0v) is 15.6. The maximum Gasteiger partial charge on any atom is 0.220 e. The topological polar surface area (TPSA) is 59.0 Å². The Hall–Kier alpha value is -1.66. The van der Waals surface area contributed by atoms with Gasteiger partial charge in [-0.25, -0.2) is 0 Å². The fraction of sp³-hybridized carbons (Fsp3) is 0.556. The second-order valence-corrected chi connectivity index (χ2v) is 8.70. The number of aromatic nitrogens is 2. The van der Waals surface area contributed by atoms with Crippen LogP contribution in [0.4, 0.5) is 0 Å². The summed E-state index contributed by atoms with van der Waals surface area (Å²) >= 11 is 1.86. The zero-order chi connectivity index (χ0) is 17.3. The molecule has 0 aromatic carbocycles. The molecule has 3 rings (SSSR count). The van der Waals surface area contributed by atoms with Gasteiger partial charge in [0.05, 0.1) is 12.2 Å². The Morgan fingerprint density at radius 3 is 2.83 bits per heavy atom. The van der Waals surface area contributed by atoms with Crippen LogP contribution in [0.25, 0.3) is 0 Å². The maximum absolute atomic E-state index is 11.8. The van der Waals surface area contributed by atoms with E-state index in [9.17, 15) is 4.79 Å². The van der Waals surface area contributed by atoms with Gasteiger partial charge in [-0.3, -0.25) is 9.48 Å². The van der Waals surface area contributed by atoms with E-state index in [0.29, 0.717) is 6.42 Å². The molecule has 0 radical (unpaired) electrons. The normalized spacial score (nSPS) is 21.8. The highest BCUT2D eigenvalue weighted by molar-refractivity contribution is 7.12. The van der Waals surface area contributed by atoms with E-state index < -0.39 is 0 Å². The van der Waals surface area contributed by atoms with E-state index in [-0.39, 0.29) is 23.4 Å². The number of rotatable bonds is 4. The molecule has 0 spiro atoms. The van der Waals surface area contributed by atoms with Gasteiger partial charge in [0.25, 0.3) is 0 Å². The summed E-state index contributed by atoms with van der Waals surface area (Å²) in [7, 11) is 1.90. The van der Waals surface area contributed by atoms with Crippen molar-refractivity contribution in [2.45, 2.75) is 57.7 Å². The molecular weight excluding hydrogens is 320 g/mol. The number of nitrogens with one attached hydrogen (secondary N) is 2. The van der Waals surface area contributed by atoms with Crippen molar-refractivity contribution in [3.8, 4) is 0 Å². The summed E-state index contributed by atoms with van der Waals surface area (Å²) in [5.41, 5.74) is 1.25. The van der Waals surface area contributed by atoms with Crippen molar-refractivity contribution >= 4 is 17.2 Å². The smallest absolute Gasteiger partial charge is 0.220 e. The van der Waals surface area contributed by atoms with Crippen LogP contribution in [0, 0.1) is 0 Å². The molecule has 0 aliphatic carbocycles. The second-order valence-electron chi connectivity index (χ2n) is 7.53. The summed E-state index contributed by atoms with van der Waals surface area (Å²) in [4.78, 5) is 14.6. The molecule has 6 heteroatoms. The van der Waals surface area contributed by atoms with Gasteiger partial charge in [0.2, 0.25) is 5.91 Å². The highest BCUT2D eigenvalue weighted by atomic mass is 32.1. The van der Waals surface area contributed by atoms with Crippen LogP contribution in [0.2, 0.25) is 0 Å². The van der Waals surface area contributed by atoms with Gasteiger partial charge < -0.3 is 10.6 Å². The molecule has 130 valence electrons. The Morgan fingerprint density at radius 2 is 2.21 bits per heavy atom. The van der Waals surface area contributed by atoms with Gasteiger partial charge in [-0.15, -0.1) is 11.3 Å². The predicted octanol–water partition coefficient (Wildman–Crippen LogP) is 2.89. The standard InChI is InChI=1S/C18H26N4OS/c1-18(2,3)15-7-5-13(24-15)10-19-14-6-8-16(23)21-17(14)12-9-20-22(4)11-12/h5,7,9,11,14,17,19H,6,8,10H2,1-4H3,(H,21,23)/t14-,17+/m1/s1. The van der Waals surface area contributed by atoms with E-state index in [1.165, 1.54) is 9.75 Å². The average Bonchev–Trinajstić information content (AvgIpc) is 3.14. The van der Waals surface area contributed by atoms with Crippen molar-refractivity contribution in [1.82, 2.24) is 20.4 Å². The molecule has 0 bridgehead atoms. The Bertz CT molecular complexity index is 713. The van der Waals surface area contributed by atoms with Crippen LogP contribution in [0.5, 0.6) is 0 Å². The maximum atomic E-state index is 11.8. The number of amides is 1. The third-order valence-electron chi connectivity index (χ3n) is 4.42. The minimum atomic E-state index is -0.0120. The van der Waals surface area contributed by atoms with Crippen molar-refractivity contribution in [3.05, 3.63) is 39.8 Å². The first-order valence-corrected chi connectivity index (χ1v) is 9.25. The van der Waals surface area contributed by atoms with E-state index in [2.05, 4.69) is 48.6 Å². The van der Waals surface area contributed by atoms with Crippen molar-refractivity contribution in [1.29, 1.82) is 0 Å². The molecule has 1 aliphatic rings. The molecule has 5 nitrogen and oxygen atoms in total. The molecule has 24 heavy (non-hydrogen) atoms. The molecule has 2 aromatic rings. The van der Waals surface area contributed by atoms with Crippen LogP contribution in [0.15, 0.2) is 24.5 Å². The van der Waals surface area contributed by atoms with Gasteiger partial charge >= 0.3 is 0 Å². The minimum Gasteiger partial charge on any atom is -0.348 e. The van der Waals surface area contributed by atoms with E-state index in [1.807, 2.05) is 30.8 Å². The van der Waals surface area contributed by atoms with E-state index in [1.54, 1.807) is 4.68 Å². The van der Waals surface area contributed by atoms with Gasteiger partial charge in [0.15, 0.2) is 0 Å². The van der Waals surface area contributed by atoms with Crippen LogP contribution in [0.1, 0.15) is 55.0 Å². The van der Waals surface area contributed by atoms with E-state index in [0.717, 1.165) is 18.5 Å². The Balaban J connectivity index is 1.68. The molecule has 1 aliphatic heterocycles. The van der Waals surface area contributed by atoms with Gasteiger partial charge in [-0.1, -0.05) is 20.8 Å². The first-order valence-electron chi connectivity index (χ1n) is 8.43. The van der Waals surface area contributed by atoms with Crippen molar-refractivity contribution < 1.29 is 4.79 Å². The highest BCUT2D eigenvalue weighted by Crippen LogP contribution is 2.30. The molecule has 1 saturated heterocycles. The zero-order valence-electron chi connectivity index (χ0n) is 14.8. The molecule has 1 amide bonds. The minimum absolute atomic E-state index is 0.0120. The van der Waals surface area contributed by atoms with Crippen LogP contribution < -0.4 is 10.6 Å². The SMILES string of the molecule is Cn1cc([C@@H]2NC(=O)CC[C@H]2NCc2ccc(C(C)(C)C)s2)cn1. The number of nitrogens with zero attached hydrogens (tertiary/aromatic N) is 2. The molecule has 1 fully saturated rings. The highest BCUT2D eigenvalue weighted by Gasteiger charge is 2.30. The first kappa shape index (κ1) is 17.2. The number of carbonyl (C=O) groups is 1. The lowest BCUT2D eigenvalue weighted by Crippen LogP contribution is -2.48. The van der Waals surface area contributed by atoms with Crippen LogP contribution in [0.3, 0.4) is 0 Å². The monoisotopic (exact) mass is 346 g/mol. The van der Waals surface area contributed by atoms with Gasteiger partial charge in [0.1, 0.15) is 0 Å². The van der Waals surface area contributed by atoms with Gasteiger partial charge in [-0.05, 0) is 24.0 Å². The number of hydrogen-bond donors (Lipinski definition) is 2. The van der Waals surface area contributed by atoms with Gasteiger partial charge in [0, 0.05) is 47.6 Å². The lowest BCUT2D eigenvalue weighted by atomic mass is 9.93. The van der Waals surface area contributed by atoms with E-state index in [4.69, 9.17) is 0 Å². The number of thiophene rings is 1. The van der Waals surface area contributed by atoms with Crippen molar-refractivity contribution in [2.24, 2.45) is 7.05 Å². The lowest BCUT2D eigenvalue weighted by Gasteiger charge is -2.32. The largest absolute Gasteiger partial charge is 0.348 e. The summed E-state index contributed by atoms with van der Waals surface area (Å²) in [6.45, 7) is 7.56. The molecule has 2 N–H and O–H groups in total. The molecule has 0 saturated carbocycles. The number of piperidine rings is 1. The fourth-order valence-electron chi connectivity index (χ4n) is 3.04. The lowest BCUT2D eigenvalue weighted by molar-refractivity contribution is -0.123. The van der Waals surface area contributed by atoms with Crippen molar-refractivity contribution in [2.75, 3.05) is 0 Å². The first-order chi connectivity index (χ1) is 11.3. The second kappa shape index (κ2) is 6.69. The van der Waals surface area contributed by atoms with Gasteiger partial charge in [-0.2, -0.15) is 5.10 Å². The number of carbonyl (C=O) groups excluding carboxylic acids is 1. The quantitative estimate of drug-likeness (QED) is 0.895.